The molecule has 0 aliphatic rings. The number of carbonyl (C=O) groups is 1. The summed E-state index contributed by atoms with van der Waals surface area (Å²) in [6.07, 6.45) is 0.393. The maximum absolute atomic E-state index is 12.5. The van der Waals surface area contributed by atoms with Crippen molar-refractivity contribution in [2.75, 3.05) is 20.3 Å². The number of carbonyl (C=O) groups excluding carboxylic acids is 1. The molecule has 114 valence electrons. The summed E-state index contributed by atoms with van der Waals surface area (Å²) in [7, 11) is 1.60. The van der Waals surface area contributed by atoms with Crippen molar-refractivity contribution in [3.8, 4) is 11.8 Å². The second-order valence-electron chi connectivity index (χ2n) is 5.60. The lowest BCUT2D eigenvalue weighted by atomic mass is 10.0. The van der Waals surface area contributed by atoms with Crippen LogP contribution < -0.4 is 5.32 Å². The maximum atomic E-state index is 12.5. The molecule has 21 heavy (non-hydrogen) atoms. The topological polar surface area (TPSA) is 58.6 Å². The summed E-state index contributed by atoms with van der Waals surface area (Å²) in [6, 6.07) is 5.57. The molecule has 1 aromatic rings. The Bertz CT molecular complexity index is 553. The highest BCUT2D eigenvalue weighted by Crippen LogP contribution is 2.13. The van der Waals surface area contributed by atoms with Crippen LogP contribution >= 0.6 is 0 Å². The molecule has 4 heteroatoms. The summed E-state index contributed by atoms with van der Waals surface area (Å²) in [4.78, 5) is 12.5. The number of rotatable bonds is 5. The van der Waals surface area contributed by atoms with E-state index in [0.29, 0.717) is 24.2 Å². The first-order valence-corrected chi connectivity index (χ1v) is 6.91. The Kier molecular flexibility index (Phi) is 6.41. The van der Waals surface area contributed by atoms with Gasteiger partial charge in [0, 0.05) is 19.1 Å². The van der Waals surface area contributed by atoms with Gasteiger partial charge in [-0.1, -0.05) is 23.5 Å². The number of methoxy groups -OCH3 is 1. The van der Waals surface area contributed by atoms with Gasteiger partial charge in [-0.05, 0) is 32.9 Å². The average Bonchev–Trinajstić information content (AvgIpc) is 2.39. The quantitative estimate of drug-likeness (QED) is 0.814. The van der Waals surface area contributed by atoms with E-state index in [2.05, 4.69) is 17.2 Å². The summed E-state index contributed by atoms with van der Waals surface area (Å²) in [5, 5.41) is 11.7. The number of aliphatic hydroxyl groups is 1. The molecule has 0 aromatic heterocycles. The van der Waals surface area contributed by atoms with Gasteiger partial charge in [-0.3, -0.25) is 4.79 Å². The number of ether oxygens (including phenoxy) is 1. The normalized spacial score (nSPS) is 10.7. The van der Waals surface area contributed by atoms with Gasteiger partial charge in [-0.25, -0.2) is 0 Å². The van der Waals surface area contributed by atoms with Gasteiger partial charge in [0.2, 0.25) is 0 Å². The lowest BCUT2D eigenvalue weighted by molar-refractivity contribution is 0.0819. The molecule has 0 fully saturated rings. The molecule has 0 spiro atoms. The molecule has 0 saturated heterocycles. The third kappa shape index (κ3) is 5.58. The number of benzene rings is 1. The number of hydrogen-bond donors (Lipinski definition) is 2. The zero-order valence-electron chi connectivity index (χ0n) is 13.1. The Labute approximate surface area is 126 Å². The fraction of sp³-hybridized carbons (Fsp3) is 0.471. The third-order valence-corrected chi connectivity index (χ3v) is 2.84. The first kappa shape index (κ1) is 17.2. The van der Waals surface area contributed by atoms with Gasteiger partial charge in [0.15, 0.2) is 0 Å². The van der Waals surface area contributed by atoms with E-state index in [9.17, 15) is 4.79 Å². The van der Waals surface area contributed by atoms with Gasteiger partial charge >= 0.3 is 0 Å². The third-order valence-electron chi connectivity index (χ3n) is 2.84. The van der Waals surface area contributed by atoms with Gasteiger partial charge in [-0.2, -0.15) is 0 Å². The zero-order valence-corrected chi connectivity index (χ0v) is 13.1. The van der Waals surface area contributed by atoms with Gasteiger partial charge in [-0.15, -0.1) is 0 Å². The van der Waals surface area contributed by atoms with Crippen molar-refractivity contribution < 1.29 is 14.6 Å². The Morgan fingerprint density at radius 1 is 1.43 bits per heavy atom. The van der Waals surface area contributed by atoms with Crippen molar-refractivity contribution in [2.45, 2.75) is 32.7 Å². The van der Waals surface area contributed by atoms with Crippen molar-refractivity contribution in [1.82, 2.24) is 5.32 Å². The first-order valence-electron chi connectivity index (χ1n) is 6.91. The fourth-order valence-electron chi connectivity index (χ4n) is 1.94. The summed E-state index contributed by atoms with van der Waals surface area (Å²) in [5.41, 5.74) is 1.76. The molecule has 1 amide bonds. The predicted octanol–water partition coefficient (Wildman–Crippen LogP) is 1.88. The zero-order chi connectivity index (χ0) is 15.9. The van der Waals surface area contributed by atoms with E-state index in [1.807, 2.05) is 39.0 Å². The van der Waals surface area contributed by atoms with Crippen LogP contribution in [0.3, 0.4) is 0 Å². The Morgan fingerprint density at radius 3 is 2.76 bits per heavy atom. The largest absolute Gasteiger partial charge is 0.395 e. The van der Waals surface area contributed by atoms with Crippen molar-refractivity contribution in [3.63, 3.8) is 0 Å². The van der Waals surface area contributed by atoms with Crippen LogP contribution in [0, 0.1) is 18.8 Å². The number of aliphatic hydroxyl groups excluding tert-OH is 1. The Morgan fingerprint density at radius 2 is 2.14 bits per heavy atom. The molecule has 0 unspecified atom stereocenters. The van der Waals surface area contributed by atoms with E-state index in [4.69, 9.17) is 9.84 Å². The van der Waals surface area contributed by atoms with Crippen LogP contribution in [0.5, 0.6) is 0 Å². The van der Waals surface area contributed by atoms with E-state index >= 15 is 0 Å². The Hall–Kier alpha value is -1.83. The highest BCUT2D eigenvalue weighted by Gasteiger charge is 2.22. The molecule has 0 aliphatic heterocycles. The highest BCUT2D eigenvalue weighted by molar-refractivity contribution is 5.97. The first-order chi connectivity index (χ1) is 9.89. The van der Waals surface area contributed by atoms with E-state index in [-0.39, 0.29) is 12.5 Å². The molecule has 0 saturated carbocycles. The molecule has 0 heterocycles. The van der Waals surface area contributed by atoms with Gasteiger partial charge in [0.1, 0.15) is 0 Å². The lowest BCUT2D eigenvalue weighted by Gasteiger charge is -2.25. The number of nitrogens with one attached hydrogen (secondary N) is 1. The van der Waals surface area contributed by atoms with E-state index in [0.717, 1.165) is 5.56 Å². The van der Waals surface area contributed by atoms with Crippen LogP contribution in [0.15, 0.2) is 18.2 Å². The minimum absolute atomic E-state index is 0.0151. The van der Waals surface area contributed by atoms with Gasteiger partial charge < -0.3 is 15.2 Å². The summed E-state index contributed by atoms with van der Waals surface area (Å²) in [5.74, 6) is 5.62. The van der Waals surface area contributed by atoms with Crippen molar-refractivity contribution in [2.24, 2.45) is 0 Å². The van der Waals surface area contributed by atoms with Crippen LogP contribution in [0.2, 0.25) is 0 Å². The average molecular weight is 289 g/mol. The molecular weight excluding hydrogens is 266 g/mol. The molecule has 0 bridgehead atoms. The Balaban J connectivity index is 3.03. The van der Waals surface area contributed by atoms with Crippen molar-refractivity contribution in [1.29, 1.82) is 0 Å². The number of hydrogen-bond acceptors (Lipinski definition) is 3. The van der Waals surface area contributed by atoms with E-state index in [1.165, 1.54) is 0 Å². The molecule has 1 aromatic carbocycles. The van der Waals surface area contributed by atoms with Gasteiger partial charge in [0.25, 0.3) is 5.91 Å². The second-order valence-corrected chi connectivity index (χ2v) is 5.60. The molecule has 0 atom stereocenters. The minimum Gasteiger partial charge on any atom is -0.395 e. The SMILES string of the molecule is COCC(C)(C)NC(=O)c1cc(C)ccc1C#CCCO. The van der Waals surface area contributed by atoms with Gasteiger partial charge in [0.05, 0.1) is 24.3 Å². The predicted molar refractivity (Wildman–Crippen MR) is 83.2 cm³/mol. The molecule has 2 N–H and O–H groups in total. The van der Waals surface area contributed by atoms with E-state index < -0.39 is 5.54 Å². The monoisotopic (exact) mass is 289 g/mol. The van der Waals surface area contributed by atoms with Crippen LogP contribution in [0.25, 0.3) is 0 Å². The molecular formula is C17H23NO3. The smallest absolute Gasteiger partial charge is 0.253 e. The summed E-state index contributed by atoms with van der Waals surface area (Å²) >= 11 is 0. The lowest BCUT2D eigenvalue weighted by Crippen LogP contribution is -2.47. The number of amides is 1. The maximum Gasteiger partial charge on any atom is 0.253 e. The molecule has 4 nitrogen and oxygen atoms in total. The fourth-order valence-corrected chi connectivity index (χ4v) is 1.94. The summed E-state index contributed by atoms with van der Waals surface area (Å²) < 4.78 is 5.11. The molecule has 0 aliphatic carbocycles. The molecule has 0 radical (unpaired) electrons. The van der Waals surface area contributed by atoms with Crippen molar-refractivity contribution >= 4 is 5.91 Å². The van der Waals surface area contributed by atoms with Crippen LogP contribution in [0.4, 0.5) is 0 Å². The highest BCUT2D eigenvalue weighted by atomic mass is 16.5. The minimum atomic E-state index is -0.453. The summed E-state index contributed by atoms with van der Waals surface area (Å²) in [6.45, 7) is 6.18. The second kappa shape index (κ2) is 7.82. The van der Waals surface area contributed by atoms with E-state index in [1.54, 1.807) is 7.11 Å². The van der Waals surface area contributed by atoms with Crippen molar-refractivity contribution in [3.05, 3.63) is 34.9 Å². The standard InChI is InChI=1S/C17H23NO3/c1-13-8-9-14(7-5-6-10-19)15(11-13)16(20)18-17(2,3)12-21-4/h8-9,11,19H,6,10,12H2,1-4H3,(H,18,20). The van der Waals surface area contributed by atoms with Crippen LogP contribution in [0.1, 0.15) is 41.8 Å². The van der Waals surface area contributed by atoms with Crippen LogP contribution in [-0.2, 0) is 4.74 Å². The molecule has 1 rings (SSSR count). The number of aryl methyl sites for hydroxylation is 1. The van der Waals surface area contributed by atoms with Crippen LogP contribution in [-0.4, -0.2) is 36.9 Å².